The maximum atomic E-state index is 11.5. The molecule has 0 unspecified atom stereocenters. The first-order valence-electron chi connectivity index (χ1n) is 8.89. The van der Waals surface area contributed by atoms with Crippen molar-refractivity contribution >= 4 is 11.6 Å². The average molecular weight is 341 g/mol. The zero-order valence-corrected chi connectivity index (χ0v) is 15.3. The fraction of sp³-hybridized carbons (Fsp3) is 0.474. The van der Waals surface area contributed by atoms with Gasteiger partial charge in [0.1, 0.15) is 0 Å². The molecule has 1 saturated heterocycles. The molecule has 6 heteroatoms. The highest BCUT2D eigenvalue weighted by Crippen LogP contribution is 2.24. The van der Waals surface area contributed by atoms with E-state index in [0.29, 0.717) is 6.04 Å². The van der Waals surface area contributed by atoms with Crippen LogP contribution in [0.4, 0.5) is 5.69 Å². The van der Waals surface area contributed by atoms with E-state index in [1.807, 2.05) is 17.4 Å². The summed E-state index contributed by atoms with van der Waals surface area (Å²) in [4.78, 5) is 20.0. The third-order valence-electron chi connectivity index (χ3n) is 4.64. The lowest BCUT2D eigenvalue weighted by Crippen LogP contribution is -2.48. The lowest BCUT2D eigenvalue weighted by Gasteiger charge is -2.36. The molecule has 1 fully saturated rings. The first-order chi connectivity index (χ1) is 12.0. The highest BCUT2D eigenvalue weighted by molar-refractivity contribution is 5.73. The number of carbonyl (C=O) groups is 1. The fourth-order valence-electron chi connectivity index (χ4n) is 3.13. The predicted molar refractivity (Wildman–Crippen MR) is 100 cm³/mol. The number of nitrogens with zero attached hydrogens (tertiary/aromatic N) is 4. The van der Waals surface area contributed by atoms with Crippen molar-refractivity contribution in [1.82, 2.24) is 19.8 Å². The lowest BCUT2D eigenvalue weighted by atomic mass is 10.1. The topological polar surface area (TPSA) is 53.4 Å². The monoisotopic (exact) mass is 341 g/mol. The number of benzene rings is 1. The maximum Gasteiger partial charge on any atom is 0.219 e. The van der Waals surface area contributed by atoms with Gasteiger partial charge in [0.15, 0.2) is 0 Å². The van der Waals surface area contributed by atoms with Crippen LogP contribution >= 0.6 is 0 Å². The van der Waals surface area contributed by atoms with Gasteiger partial charge in [0.25, 0.3) is 0 Å². The van der Waals surface area contributed by atoms with E-state index >= 15 is 0 Å². The third-order valence-corrected chi connectivity index (χ3v) is 4.64. The Balaban J connectivity index is 1.82. The van der Waals surface area contributed by atoms with Crippen LogP contribution in [0.1, 0.15) is 26.3 Å². The Bertz CT molecular complexity index is 703. The largest absolute Gasteiger partial charge is 0.368 e. The molecule has 134 valence electrons. The van der Waals surface area contributed by atoms with Crippen LogP contribution in [0.2, 0.25) is 0 Å². The Labute approximate surface area is 149 Å². The summed E-state index contributed by atoms with van der Waals surface area (Å²) < 4.78 is 2.06. The van der Waals surface area contributed by atoms with Gasteiger partial charge in [-0.05, 0) is 17.7 Å². The Kier molecular flexibility index (Phi) is 5.38. The molecule has 0 spiro atoms. The molecule has 1 N–H and O–H groups in total. The maximum absolute atomic E-state index is 11.5. The molecule has 0 radical (unpaired) electrons. The summed E-state index contributed by atoms with van der Waals surface area (Å²) in [5, 5.41) is 3.49. The van der Waals surface area contributed by atoms with E-state index in [-0.39, 0.29) is 5.91 Å². The van der Waals surface area contributed by atoms with Crippen LogP contribution < -0.4 is 10.2 Å². The van der Waals surface area contributed by atoms with Crippen LogP contribution in [-0.2, 0) is 11.3 Å². The first-order valence-corrected chi connectivity index (χ1v) is 8.89. The van der Waals surface area contributed by atoms with Gasteiger partial charge in [0, 0.05) is 63.8 Å². The molecule has 2 aromatic rings. The van der Waals surface area contributed by atoms with Gasteiger partial charge in [0.05, 0.1) is 12.0 Å². The molecule has 0 saturated carbocycles. The number of hydrogen-bond donors (Lipinski definition) is 1. The fourth-order valence-corrected chi connectivity index (χ4v) is 3.13. The van der Waals surface area contributed by atoms with Gasteiger partial charge < -0.3 is 19.7 Å². The molecule has 3 rings (SSSR count). The highest BCUT2D eigenvalue weighted by atomic mass is 16.2. The van der Waals surface area contributed by atoms with Crippen molar-refractivity contribution < 1.29 is 4.79 Å². The molecule has 1 amide bonds. The third kappa shape index (κ3) is 4.20. The van der Waals surface area contributed by atoms with Gasteiger partial charge >= 0.3 is 0 Å². The molecular formula is C19H27N5O. The molecule has 1 aliphatic rings. The van der Waals surface area contributed by atoms with E-state index in [9.17, 15) is 4.79 Å². The summed E-state index contributed by atoms with van der Waals surface area (Å²) in [6.45, 7) is 10.1. The van der Waals surface area contributed by atoms with Gasteiger partial charge in [-0.15, -0.1) is 0 Å². The summed E-state index contributed by atoms with van der Waals surface area (Å²) in [7, 11) is 0. The Morgan fingerprint density at radius 1 is 1.24 bits per heavy atom. The Hall–Kier alpha value is -2.34. The number of anilines is 1. The normalized spacial score (nSPS) is 15.0. The summed E-state index contributed by atoms with van der Waals surface area (Å²) in [6.07, 6.45) is 5.62. The molecule has 25 heavy (non-hydrogen) atoms. The van der Waals surface area contributed by atoms with Gasteiger partial charge in [-0.25, -0.2) is 4.98 Å². The van der Waals surface area contributed by atoms with Gasteiger partial charge in [0.2, 0.25) is 5.91 Å². The summed E-state index contributed by atoms with van der Waals surface area (Å²) >= 11 is 0. The van der Waals surface area contributed by atoms with E-state index < -0.39 is 0 Å². The van der Waals surface area contributed by atoms with E-state index in [0.717, 1.165) is 38.4 Å². The van der Waals surface area contributed by atoms with Crippen molar-refractivity contribution in [3.63, 3.8) is 0 Å². The number of rotatable bonds is 5. The molecule has 0 aliphatic carbocycles. The van der Waals surface area contributed by atoms with Gasteiger partial charge in [-0.3, -0.25) is 4.79 Å². The van der Waals surface area contributed by atoms with Gasteiger partial charge in [-0.2, -0.15) is 0 Å². The van der Waals surface area contributed by atoms with Crippen molar-refractivity contribution in [2.24, 2.45) is 0 Å². The smallest absolute Gasteiger partial charge is 0.219 e. The van der Waals surface area contributed by atoms with E-state index in [1.165, 1.54) is 11.3 Å². The molecular weight excluding hydrogens is 314 g/mol. The number of amides is 1. The number of hydrogen-bond acceptors (Lipinski definition) is 4. The molecule has 6 nitrogen and oxygen atoms in total. The highest BCUT2D eigenvalue weighted by Gasteiger charge is 2.19. The molecule has 0 atom stereocenters. The summed E-state index contributed by atoms with van der Waals surface area (Å²) in [5.74, 6) is 0.161. The number of aromatic nitrogens is 2. The van der Waals surface area contributed by atoms with Crippen LogP contribution in [0.5, 0.6) is 0 Å². The second kappa shape index (κ2) is 7.70. The number of piperazine rings is 1. The quantitative estimate of drug-likeness (QED) is 0.904. The van der Waals surface area contributed by atoms with Crippen molar-refractivity contribution in [1.29, 1.82) is 0 Å². The minimum absolute atomic E-state index is 0.161. The zero-order chi connectivity index (χ0) is 17.8. The average Bonchev–Trinajstić information content (AvgIpc) is 3.14. The van der Waals surface area contributed by atoms with E-state index in [1.54, 1.807) is 13.1 Å². The van der Waals surface area contributed by atoms with Crippen molar-refractivity contribution in [2.45, 2.75) is 33.4 Å². The number of nitrogens with one attached hydrogen (secondary N) is 1. The zero-order valence-electron chi connectivity index (χ0n) is 15.3. The van der Waals surface area contributed by atoms with Crippen LogP contribution in [0.25, 0.3) is 5.69 Å². The molecule has 2 heterocycles. The van der Waals surface area contributed by atoms with Crippen molar-refractivity contribution in [3.8, 4) is 5.69 Å². The number of carbonyl (C=O) groups excluding carboxylic acids is 1. The lowest BCUT2D eigenvalue weighted by molar-refractivity contribution is -0.129. The minimum Gasteiger partial charge on any atom is -0.368 e. The van der Waals surface area contributed by atoms with E-state index in [4.69, 9.17) is 0 Å². The molecule has 1 aromatic carbocycles. The van der Waals surface area contributed by atoms with Gasteiger partial charge in [-0.1, -0.05) is 19.9 Å². The van der Waals surface area contributed by atoms with Crippen LogP contribution in [0.3, 0.4) is 0 Å². The van der Waals surface area contributed by atoms with Crippen molar-refractivity contribution in [3.05, 3.63) is 42.5 Å². The summed E-state index contributed by atoms with van der Waals surface area (Å²) in [5.41, 5.74) is 3.59. The van der Waals surface area contributed by atoms with Crippen LogP contribution in [0.15, 0.2) is 36.9 Å². The predicted octanol–water partition coefficient (Wildman–Crippen LogP) is 2.04. The Morgan fingerprint density at radius 2 is 2.00 bits per heavy atom. The standard InChI is InChI=1S/C19H27N5O/c1-15(2)21-13-17-4-5-18(12-19(17)24-7-6-20-14-24)23-10-8-22(9-11-23)16(3)25/h4-7,12,14-15,21H,8-11,13H2,1-3H3. The number of imidazole rings is 1. The van der Waals surface area contributed by atoms with Crippen LogP contribution in [-0.4, -0.2) is 52.6 Å². The second-order valence-corrected chi connectivity index (χ2v) is 6.81. The van der Waals surface area contributed by atoms with Crippen molar-refractivity contribution in [2.75, 3.05) is 31.1 Å². The Morgan fingerprint density at radius 3 is 2.60 bits per heavy atom. The SMILES string of the molecule is CC(=O)N1CCN(c2ccc(CNC(C)C)c(-n3ccnc3)c2)CC1. The molecule has 1 aromatic heterocycles. The molecule has 1 aliphatic heterocycles. The van der Waals surface area contributed by atoms with Crippen LogP contribution in [0, 0.1) is 0 Å². The minimum atomic E-state index is 0.161. The first kappa shape index (κ1) is 17.5. The summed E-state index contributed by atoms with van der Waals surface area (Å²) in [6, 6.07) is 7.04. The molecule has 0 bridgehead atoms. The van der Waals surface area contributed by atoms with E-state index in [2.05, 4.69) is 51.8 Å². The second-order valence-electron chi connectivity index (χ2n) is 6.81.